The highest BCUT2D eigenvalue weighted by atomic mass is 31.2. The second-order valence-corrected chi connectivity index (χ2v) is 19.8. The maximum atomic E-state index is 12.9. The number of hydrogen-bond donors (Lipinski definition) is 2. The van der Waals surface area contributed by atoms with Gasteiger partial charge in [-0.25, -0.2) is 4.57 Å². The lowest BCUT2D eigenvalue weighted by molar-refractivity contribution is -0.161. The molecule has 12 heteroatoms. The lowest BCUT2D eigenvalue weighted by Crippen LogP contribution is -2.30. The minimum atomic E-state index is -4.80. The molecule has 0 aliphatic carbocycles. The summed E-state index contributed by atoms with van der Waals surface area (Å²) in [5, 5.41) is 9.81. The highest BCUT2D eigenvalue weighted by Gasteiger charge is 2.28. The first-order chi connectivity index (χ1) is 37.2. The maximum absolute atomic E-state index is 12.9. The van der Waals surface area contributed by atoms with E-state index in [-0.39, 0.29) is 25.9 Å². The van der Waals surface area contributed by atoms with E-state index in [1.165, 1.54) is 25.7 Å². The molecule has 0 aliphatic heterocycles. The number of carbonyl (C=O) groups is 3. The number of aliphatic hydroxyl groups excluding tert-OH is 1. The molecule has 0 amide bonds. The van der Waals surface area contributed by atoms with Gasteiger partial charge in [0.2, 0.25) is 0 Å². The van der Waals surface area contributed by atoms with Crippen LogP contribution in [0.3, 0.4) is 0 Å². The van der Waals surface area contributed by atoms with Crippen LogP contribution >= 0.6 is 7.82 Å². The summed E-state index contributed by atoms with van der Waals surface area (Å²) in [5.74, 6) is -1.66. The van der Waals surface area contributed by atoms with Crippen molar-refractivity contribution in [2.45, 2.75) is 213 Å². The van der Waals surface area contributed by atoms with Crippen molar-refractivity contribution in [3.8, 4) is 0 Å². The number of rotatable bonds is 51. The molecule has 0 bridgehead atoms. The van der Waals surface area contributed by atoms with Crippen LogP contribution in [0.1, 0.15) is 201 Å². The average Bonchev–Trinajstić information content (AvgIpc) is 3.41. The lowest BCUT2D eigenvalue weighted by Gasteiger charge is -2.21. The third kappa shape index (κ3) is 54.2. The number of phosphoric ester groups is 1. The Balaban J connectivity index is 4.91. The Morgan fingerprint density at radius 2 is 0.724 bits per heavy atom. The van der Waals surface area contributed by atoms with E-state index in [2.05, 4.69) is 142 Å². The van der Waals surface area contributed by atoms with Gasteiger partial charge in [-0.1, -0.05) is 205 Å². The fourth-order valence-electron chi connectivity index (χ4n) is 6.94. The summed E-state index contributed by atoms with van der Waals surface area (Å²) < 4.78 is 39.3. The van der Waals surface area contributed by atoms with Crippen molar-refractivity contribution in [2.24, 2.45) is 0 Å². The number of ether oxygens (including phenoxy) is 3. The van der Waals surface area contributed by atoms with Crippen LogP contribution in [0, 0.1) is 0 Å². The number of aliphatic hydroxyl groups is 1. The first-order valence-electron chi connectivity index (χ1n) is 28.7. The van der Waals surface area contributed by atoms with Crippen LogP contribution in [0.4, 0.5) is 0 Å². The summed E-state index contributed by atoms with van der Waals surface area (Å²) in [7, 11) is -4.80. The summed E-state index contributed by atoms with van der Waals surface area (Å²) in [6.45, 7) is 4.22. The predicted octanol–water partition coefficient (Wildman–Crippen LogP) is 17.1. The molecule has 428 valence electrons. The van der Waals surface area contributed by atoms with Gasteiger partial charge in [-0.15, -0.1) is 0 Å². The normalized spacial score (nSPS) is 14.4. The number of esters is 3. The third-order valence-corrected chi connectivity index (χ3v) is 12.2. The van der Waals surface area contributed by atoms with Crippen molar-refractivity contribution in [3.63, 3.8) is 0 Å². The largest absolute Gasteiger partial charge is 0.472 e. The van der Waals surface area contributed by atoms with Crippen LogP contribution in [0.25, 0.3) is 0 Å². The average molecular weight is 1080 g/mol. The molecular weight excluding hydrogens is 976 g/mol. The number of allylic oxidation sites excluding steroid dienone is 24. The Morgan fingerprint density at radius 1 is 0.382 bits per heavy atom. The van der Waals surface area contributed by atoms with Gasteiger partial charge >= 0.3 is 25.7 Å². The van der Waals surface area contributed by atoms with Crippen molar-refractivity contribution >= 4 is 25.7 Å². The van der Waals surface area contributed by atoms with Gasteiger partial charge < -0.3 is 24.2 Å². The molecule has 0 saturated carbocycles. The van der Waals surface area contributed by atoms with Crippen molar-refractivity contribution in [1.82, 2.24) is 0 Å². The molecule has 0 saturated heterocycles. The highest BCUT2D eigenvalue weighted by Crippen LogP contribution is 2.43. The van der Waals surface area contributed by atoms with Gasteiger partial charge in [0, 0.05) is 19.3 Å². The van der Waals surface area contributed by atoms with Gasteiger partial charge in [0.1, 0.15) is 12.7 Å². The van der Waals surface area contributed by atoms with Gasteiger partial charge in [-0.05, 0) is 122 Å². The van der Waals surface area contributed by atoms with Gasteiger partial charge in [-0.2, -0.15) is 0 Å². The minimum Gasteiger partial charge on any atom is -0.462 e. The minimum absolute atomic E-state index is 0.0283. The van der Waals surface area contributed by atoms with Crippen LogP contribution in [-0.4, -0.2) is 66.5 Å². The predicted molar refractivity (Wildman–Crippen MR) is 316 cm³/mol. The molecule has 3 atom stereocenters. The topological polar surface area (TPSA) is 155 Å². The van der Waals surface area contributed by atoms with E-state index in [1.54, 1.807) is 0 Å². The Hall–Kier alpha value is -4.64. The first kappa shape index (κ1) is 71.4. The SMILES string of the molecule is CC/C=C\C/C=C\C/C=C\C/C=C\C/C=C\C/C=C\CCC(=O)OC(COC(=O)CCCCCCC/C=C\CCCCCC)COP(=O)(O)OCC(CO)OC(=O)CCC/C=C\C/C=C\C/C=C\C/C=C\C/C=C\CC. The van der Waals surface area contributed by atoms with E-state index < -0.39 is 57.8 Å². The second kappa shape index (κ2) is 56.6. The van der Waals surface area contributed by atoms with Gasteiger partial charge in [0.05, 0.1) is 19.8 Å². The standard InChI is InChI=1S/C64H101O11P/c1-4-7-10-13-16-19-22-25-27-29-30-32-34-37-40-43-46-49-52-55-64(68)75-61(57-71-62(66)53-50-47-44-41-38-35-24-21-18-15-12-9-6-3)59-73-76(69,70)72-58-60(56-65)74-63(67)54-51-48-45-42-39-36-33-31-28-26-23-20-17-14-11-8-5-2/h7-8,10-11,16-17,19-21,24-28,30,32-33,36-37,40,42,45-46,49,60-61,65H,4-6,9,12-15,18,22-23,29,31,34-35,38-39,41,43-44,47-48,50-59H2,1-3H3,(H,69,70)/b10-7-,11-8-,19-16-,20-17-,24-21-,27-25-,28-26-,32-30-,36-33-,40-37-,45-42-,49-46-. The number of phosphoric acid groups is 1. The summed E-state index contributed by atoms with van der Waals surface area (Å²) in [6, 6.07) is 0. The van der Waals surface area contributed by atoms with Gasteiger partial charge in [-0.3, -0.25) is 23.4 Å². The molecule has 11 nitrogen and oxygen atoms in total. The molecule has 2 N–H and O–H groups in total. The smallest absolute Gasteiger partial charge is 0.462 e. The fourth-order valence-corrected chi connectivity index (χ4v) is 7.72. The van der Waals surface area contributed by atoms with Crippen molar-refractivity contribution in [1.29, 1.82) is 0 Å². The van der Waals surface area contributed by atoms with E-state index in [0.29, 0.717) is 32.1 Å². The number of unbranched alkanes of at least 4 members (excludes halogenated alkanes) is 10. The van der Waals surface area contributed by atoms with Crippen LogP contribution in [-0.2, 0) is 42.2 Å². The summed E-state index contributed by atoms with van der Waals surface area (Å²) in [4.78, 5) is 48.5. The third-order valence-electron chi connectivity index (χ3n) is 11.2. The van der Waals surface area contributed by atoms with Crippen LogP contribution in [0.5, 0.6) is 0 Å². The Bertz CT molecular complexity index is 1830. The molecule has 0 aromatic heterocycles. The summed E-state index contributed by atoms with van der Waals surface area (Å²) in [6.07, 6.45) is 72.6. The molecular formula is C64H101O11P. The maximum Gasteiger partial charge on any atom is 0.472 e. The molecule has 0 aliphatic rings. The monoisotopic (exact) mass is 1080 g/mol. The molecule has 0 spiro atoms. The number of carbonyl (C=O) groups excluding carboxylic acids is 3. The van der Waals surface area contributed by atoms with Gasteiger partial charge in [0.15, 0.2) is 6.10 Å². The molecule has 0 aromatic rings. The summed E-state index contributed by atoms with van der Waals surface area (Å²) >= 11 is 0. The highest BCUT2D eigenvalue weighted by molar-refractivity contribution is 7.47. The second-order valence-electron chi connectivity index (χ2n) is 18.3. The Kier molecular flexibility index (Phi) is 53.1. The quantitative estimate of drug-likeness (QED) is 0.0197. The first-order valence-corrected chi connectivity index (χ1v) is 30.2. The van der Waals surface area contributed by atoms with Crippen molar-refractivity contribution < 1.29 is 52.2 Å². The van der Waals surface area contributed by atoms with E-state index in [4.69, 9.17) is 23.3 Å². The Labute approximate surface area is 461 Å². The van der Waals surface area contributed by atoms with Crippen LogP contribution in [0.2, 0.25) is 0 Å². The van der Waals surface area contributed by atoms with Crippen molar-refractivity contribution in [2.75, 3.05) is 26.4 Å². The molecule has 0 aromatic carbocycles. The van der Waals surface area contributed by atoms with E-state index in [9.17, 15) is 28.9 Å². The zero-order valence-corrected chi connectivity index (χ0v) is 48.0. The fraction of sp³-hybridized carbons (Fsp3) is 0.578. The molecule has 76 heavy (non-hydrogen) atoms. The van der Waals surface area contributed by atoms with E-state index >= 15 is 0 Å². The van der Waals surface area contributed by atoms with Gasteiger partial charge in [0.25, 0.3) is 0 Å². The van der Waals surface area contributed by atoms with Crippen LogP contribution < -0.4 is 0 Å². The Morgan fingerprint density at radius 3 is 1.18 bits per heavy atom. The zero-order valence-electron chi connectivity index (χ0n) is 47.2. The molecule has 0 radical (unpaired) electrons. The number of hydrogen-bond acceptors (Lipinski definition) is 10. The van der Waals surface area contributed by atoms with E-state index in [0.717, 1.165) is 103 Å². The molecule has 0 rings (SSSR count). The van der Waals surface area contributed by atoms with E-state index in [1.807, 2.05) is 24.3 Å². The van der Waals surface area contributed by atoms with Crippen molar-refractivity contribution in [3.05, 3.63) is 146 Å². The zero-order chi connectivity index (χ0) is 55.5. The summed E-state index contributed by atoms with van der Waals surface area (Å²) in [5.41, 5.74) is 0. The lowest BCUT2D eigenvalue weighted by atomic mass is 10.1. The van der Waals surface area contributed by atoms with Crippen LogP contribution in [0.15, 0.2) is 146 Å². The molecule has 3 unspecified atom stereocenters. The molecule has 0 fully saturated rings. The molecule has 0 heterocycles.